The fourth-order valence-corrected chi connectivity index (χ4v) is 2.08. The Balaban J connectivity index is 2.91. The molecule has 98 valence electrons. The molecule has 0 spiro atoms. The van der Waals surface area contributed by atoms with Crippen LogP contribution in [0.1, 0.15) is 31.5 Å². The smallest absolute Gasteiger partial charge is 0.130 e. The lowest BCUT2D eigenvalue weighted by atomic mass is 9.91. The van der Waals surface area contributed by atoms with E-state index in [9.17, 15) is 5.11 Å². The lowest BCUT2D eigenvalue weighted by Crippen LogP contribution is -2.42. The summed E-state index contributed by atoms with van der Waals surface area (Å²) >= 11 is 6.14. The number of halogens is 1. The predicted molar refractivity (Wildman–Crippen MR) is 68.4 cm³/mol. The van der Waals surface area contributed by atoms with Crippen LogP contribution in [0.25, 0.3) is 0 Å². The van der Waals surface area contributed by atoms with E-state index in [1.165, 1.54) is 0 Å². The molecule has 17 heavy (non-hydrogen) atoms. The Bertz CT molecular complexity index is 386. The van der Waals surface area contributed by atoms with Gasteiger partial charge in [-0.2, -0.15) is 5.10 Å². The number of hydrogen-bond donors (Lipinski definition) is 1. The zero-order valence-corrected chi connectivity index (χ0v) is 11.9. The number of aliphatic hydroxyl groups is 1. The van der Waals surface area contributed by atoms with Crippen molar-refractivity contribution >= 4 is 11.6 Å². The van der Waals surface area contributed by atoms with Gasteiger partial charge in [0.2, 0.25) is 0 Å². The molecule has 4 nitrogen and oxygen atoms in total. The highest BCUT2D eigenvalue weighted by Gasteiger charge is 2.32. The van der Waals surface area contributed by atoms with Crippen LogP contribution in [0, 0.1) is 6.92 Å². The Kier molecular flexibility index (Phi) is 4.58. The van der Waals surface area contributed by atoms with Crippen molar-refractivity contribution < 1.29 is 9.84 Å². The molecule has 0 saturated carbocycles. The van der Waals surface area contributed by atoms with Gasteiger partial charge in [-0.3, -0.25) is 4.68 Å². The normalized spacial score (nSPS) is 16.9. The van der Waals surface area contributed by atoms with Crippen molar-refractivity contribution in [3.8, 4) is 0 Å². The zero-order chi connectivity index (χ0) is 13.2. The van der Waals surface area contributed by atoms with Gasteiger partial charge in [-0.15, -0.1) is 0 Å². The molecule has 2 atom stereocenters. The Labute approximate surface area is 108 Å². The second-order valence-electron chi connectivity index (χ2n) is 4.57. The minimum atomic E-state index is -0.599. The monoisotopic (exact) mass is 260 g/mol. The third-order valence-corrected chi connectivity index (χ3v) is 4.01. The largest absolute Gasteiger partial charge is 0.390 e. The van der Waals surface area contributed by atoms with Crippen molar-refractivity contribution in [3.63, 3.8) is 0 Å². The molecule has 0 fully saturated rings. The van der Waals surface area contributed by atoms with E-state index >= 15 is 0 Å². The second-order valence-corrected chi connectivity index (χ2v) is 4.93. The van der Waals surface area contributed by atoms with Gasteiger partial charge in [0.25, 0.3) is 0 Å². The molecule has 0 aromatic carbocycles. The summed E-state index contributed by atoms with van der Waals surface area (Å²) in [6.45, 7) is 5.78. The lowest BCUT2D eigenvalue weighted by molar-refractivity contribution is -0.0914. The van der Waals surface area contributed by atoms with Crippen molar-refractivity contribution in [2.45, 2.75) is 45.3 Å². The molecule has 0 aliphatic carbocycles. The number of nitrogens with zero attached hydrogens (tertiary/aromatic N) is 2. The number of ether oxygens (including phenoxy) is 1. The third kappa shape index (κ3) is 2.81. The van der Waals surface area contributed by atoms with E-state index in [0.717, 1.165) is 17.7 Å². The molecule has 5 heteroatoms. The molecule has 1 N–H and O–H groups in total. The molecule has 0 radical (unpaired) electrons. The molecule has 0 aliphatic rings. The van der Waals surface area contributed by atoms with Gasteiger partial charge in [-0.25, -0.2) is 0 Å². The zero-order valence-electron chi connectivity index (χ0n) is 11.1. The minimum absolute atomic E-state index is 0.455. The SMILES string of the molecule is CCC(C)(OC)C(O)Cc1c(C)nn(C)c1Cl. The van der Waals surface area contributed by atoms with Crippen LogP contribution in [0.2, 0.25) is 5.15 Å². The van der Waals surface area contributed by atoms with Crippen LogP contribution in [0.3, 0.4) is 0 Å². The summed E-state index contributed by atoms with van der Waals surface area (Å²) < 4.78 is 7.01. The number of methoxy groups -OCH3 is 1. The van der Waals surface area contributed by atoms with Crippen LogP contribution in [0.15, 0.2) is 0 Å². The van der Waals surface area contributed by atoms with Gasteiger partial charge < -0.3 is 9.84 Å². The summed E-state index contributed by atoms with van der Waals surface area (Å²) in [5.41, 5.74) is 1.19. The van der Waals surface area contributed by atoms with Crippen LogP contribution >= 0.6 is 11.6 Å². The van der Waals surface area contributed by atoms with Gasteiger partial charge in [-0.05, 0) is 20.3 Å². The van der Waals surface area contributed by atoms with Gasteiger partial charge >= 0.3 is 0 Å². The highest BCUT2D eigenvalue weighted by atomic mass is 35.5. The first-order valence-corrected chi connectivity index (χ1v) is 6.14. The third-order valence-electron chi connectivity index (χ3n) is 3.54. The molecule has 2 unspecified atom stereocenters. The number of aliphatic hydroxyl groups excluding tert-OH is 1. The molecular formula is C12H21ClN2O2. The van der Waals surface area contributed by atoms with Gasteiger partial charge in [0, 0.05) is 26.1 Å². The Morgan fingerprint density at radius 1 is 1.59 bits per heavy atom. The minimum Gasteiger partial charge on any atom is -0.390 e. The highest BCUT2D eigenvalue weighted by molar-refractivity contribution is 6.30. The van der Waals surface area contributed by atoms with Gasteiger partial charge in [0.15, 0.2) is 0 Å². The Morgan fingerprint density at radius 2 is 2.18 bits per heavy atom. The molecule has 0 saturated heterocycles. The van der Waals surface area contributed by atoms with Gasteiger partial charge in [0.1, 0.15) is 5.15 Å². The number of hydrogen-bond acceptors (Lipinski definition) is 3. The summed E-state index contributed by atoms with van der Waals surface area (Å²) in [4.78, 5) is 0. The van der Waals surface area contributed by atoms with E-state index in [1.54, 1.807) is 18.8 Å². The topological polar surface area (TPSA) is 47.3 Å². The maximum Gasteiger partial charge on any atom is 0.130 e. The lowest BCUT2D eigenvalue weighted by Gasteiger charge is -2.32. The quantitative estimate of drug-likeness (QED) is 0.882. The molecule has 0 bridgehead atoms. The summed E-state index contributed by atoms with van der Waals surface area (Å²) in [6, 6.07) is 0. The van der Waals surface area contributed by atoms with E-state index < -0.39 is 11.7 Å². The second kappa shape index (κ2) is 5.38. The van der Waals surface area contributed by atoms with Crippen molar-refractivity contribution in [2.24, 2.45) is 7.05 Å². The first kappa shape index (κ1) is 14.5. The summed E-state index contributed by atoms with van der Waals surface area (Å²) in [7, 11) is 3.41. The predicted octanol–water partition coefficient (Wildman–Crippen LogP) is 2.10. The van der Waals surface area contributed by atoms with Crippen molar-refractivity contribution in [3.05, 3.63) is 16.4 Å². The number of aromatic nitrogens is 2. The average molecular weight is 261 g/mol. The standard InChI is InChI=1S/C12H21ClN2O2/c1-6-12(3,17-5)10(16)7-9-8(2)14-15(4)11(9)13/h10,16H,6-7H2,1-5H3. The number of rotatable bonds is 5. The van der Waals surface area contributed by atoms with E-state index in [1.807, 2.05) is 20.8 Å². The molecule has 1 aromatic heterocycles. The van der Waals surface area contributed by atoms with Crippen molar-refractivity contribution in [1.29, 1.82) is 0 Å². The van der Waals surface area contributed by atoms with Gasteiger partial charge in [-0.1, -0.05) is 18.5 Å². The molecule has 1 rings (SSSR count). The van der Waals surface area contributed by atoms with Crippen LogP contribution in [0.5, 0.6) is 0 Å². The average Bonchev–Trinajstić information content (AvgIpc) is 2.54. The first-order chi connectivity index (χ1) is 7.85. The highest BCUT2D eigenvalue weighted by Crippen LogP contribution is 2.26. The molecule has 1 heterocycles. The first-order valence-electron chi connectivity index (χ1n) is 5.77. The van der Waals surface area contributed by atoms with Crippen molar-refractivity contribution in [2.75, 3.05) is 7.11 Å². The summed E-state index contributed by atoms with van der Waals surface area (Å²) in [5.74, 6) is 0. The van der Waals surface area contributed by atoms with Crippen LogP contribution < -0.4 is 0 Å². The van der Waals surface area contributed by atoms with Crippen LogP contribution in [-0.4, -0.2) is 33.7 Å². The Morgan fingerprint density at radius 3 is 2.53 bits per heavy atom. The summed E-state index contributed by atoms with van der Waals surface area (Å²) in [6.07, 6.45) is 0.594. The Hall–Kier alpha value is -0.580. The fraction of sp³-hybridized carbons (Fsp3) is 0.750. The maximum absolute atomic E-state index is 10.3. The molecule has 0 amide bonds. The molecule has 0 aliphatic heterocycles. The summed E-state index contributed by atoms with van der Waals surface area (Å²) in [5, 5.41) is 15.1. The van der Waals surface area contributed by atoms with E-state index in [2.05, 4.69) is 5.10 Å². The maximum atomic E-state index is 10.3. The van der Waals surface area contributed by atoms with Crippen LogP contribution in [-0.2, 0) is 18.2 Å². The van der Waals surface area contributed by atoms with E-state index in [4.69, 9.17) is 16.3 Å². The fourth-order valence-electron chi connectivity index (χ4n) is 1.83. The molecule has 1 aromatic rings. The molecular weight excluding hydrogens is 240 g/mol. The van der Waals surface area contributed by atoms with Gasteiger partial charge in [0.05, 0.1) is 17.4 Å². The van der Waals surface area contributed by atoms with Crippen LogP contribution in [0.4, 0.5) is 0 Å². The van der Waals surface area contributed by atoms with Crippen molar-refractivity contribution in [1.82, 2.24) is 9.78 Å². The number of aryl methyl sites for hydroxylation is 2. The van der Waals surface area contributed by atoms with E-state index in [-0.39, 0.29) is 0 Å². The van der Waals surface area contributed by atoms with E-state index in [0.29, 0.717) is 11.6 Å².